The van der Waals surface area contributed by atoms with Crippen molar-refractivity contribution >= 4 is 16.0 Å². The zero-order chi connectivity index (χ0) is 12.7. The van der Waals surface area contributed by atoms with Gasteiger partial charge in [0, 0.05) is 0 Å². The molecule has 2 rings (SSSR count). The van der Waals surface area contributed by atoms with Gasteiger partial charge in [-0.1, -0.05) is 0 Å². The Balaban J connectivity index is 2.26. The number of benzene rings is 1. The maximum absolute atomic E-state index is 12.6. The Kier molecular flexibility index (Phi) is 2.67. The van der Waals surface area contributed by atoms with Gasteiger partial charge in [0.1, 0.15) is 11.4 Å². The largest absolute Gasteiger partial charge is 0.480 e. The second-order valence-corrected chi connectivity index (χ2v) is 5.63. The summed E-state index contributed by atoms with van der Waals surface area (Å²) in [6, 6.07) is 4.20. The van der Waals surface area contributed by atoms with Gasteiger partial charge in [-0.25, -0.2) is 12.8 Å². The molecule has 1 fully saturated rings. The first-order valence-electron chi connectivity index (χ1n) is 4.89. The Morgan fingerprint density at radius 1 is 1.29 bits per heavy atom. The molecule has 5 nitrogen and oxygen atoms in total. The minimum Gasteiger partial charge on any atom is -0.480 e. The SMILES string of the molecule is O=C(O)C1(NS(=O)(=O)c2ccc(F)cc2)CC1. The van der Waals surface area contributed by atoms with Crippen LogP contribution in [-0.4, -0.2) is 25.0 Å². The summed E-state index contributed by atoms with van der Waals surface area (Å²) in [6.07, 6.45) is 0.533. The Labute approximate surface area is 97.3 Å². The number of nitrogens with one attached hydrogen (secondary N) is 1. The molecule has 1 aliphatic rings. The van der Waals surface area contributed by atoms with Crippen LogP contribution in [0.2, 0.25) is 0 Å². The molecule has 0 bridgehead atoms. The van der Waals surface area contributed by atoms with E-state index in [9.17, 15) is 17.6 Å². The average molecular weight is 259 g/mol. The summed E-state index contributed by atoms with van der Waals surface area (Å²) in [4.78, 5) is 10.7. The van der Waals surface area contributed by atoms with Crippen molar-refractivity contribution in [2.24, 2.45) is 0 Å². The molecular formula is C10H10FNO4S. The smallest absolute Gasteiger partial charge is 0.324 e. The Bertz CT molecular complexity index is 548. The normalized spacial score (nSPS) is 17.7. The lowest BCUT2D eigenvalue weighted by atomic mass is 10.3. The van der Waals surface area contributed by atoms with Crippen molar-refractivity contribution in [2.45, 2.75) is 23.3 Å². The predicted molar refractivity (Wildman–Crippen MR) is 56.3 cm³/mol. The third-order valence-corrected chi connectivity index (χ3v) is 4.17. The van der Waals surface area contributed by atoms with Gasteiger partial charge in [0.05, 0.1) is 4.90 Å². The molecule has 17 heavy (non-hydrogen) atoms. The summed E-state index contributed by atoms with van der Waals surface area (Å²) in [5, 5.41) is 8.87. The van der Waals surface area contributed by atoms with E-state index in [-0.39, 0.29) is 17.7 Å². The highest BCUT2D eigenvalue weighted by Gasteiger charge is 2.53. The summed E-state index contributed by atoms with van der Waals surface area (Å²) in [5.41, 5.74) is -1.38. The highest BCUT2D eigenvalue weighted by atomic mass is 32.2. The van der Waals surface area contributed by atoms with Crippen molar-refractivity contribution in [3.8, 4) is 0 Å². The highest BCUT2D eigenvalue weighted by molar-refractivity contribution is 7.89. The number of sulfonamides is 1. The number of aliphatic carboxylic acids is 1. The fourth-order valence-electron chi connectivity index (χ4n) is 1.41. The van der Waals surface area contributed by atoms with E-state index in [2.05, 4.69) is 4.72 Å². The molecule has 2 N–H and O–H groups in total. The van der Waals surface area contributed by atoms with Crippen molar-refractivity contribution in [2.75, 3.05) is 0 Å². The third-order valence-electron chi connectivity index (χ3n) is 2.61. The first-order valence-corrected chi connectivity index (χ1v) is 6.37. The molecule has 0 unspecified atom stereocenters. The van der Waals surface area contributed by atoms with Crippen LogP contribution in [0, 0.1) is 5.82 Å². The molecule has 92 valence electrons. The van der Waals surface area contributed by atoms with E-state index in [0.29, 0.717) is 0 Å². The quantitative estimate of drug-likeness (QED) is 0.834. The van der Waals surface area contributed by atoms with E-state index >= 15 is 0 Å². The van der Waals surface area contributed by atoms with Crippen LogP contribution in [0.1, 0.15) is 12.8 Å². The highest BCUT2D eigenvalue weighted by Crippen LogP contribution is 2.37. The lowest BCUT2D eigenvalue weighted by molar-refractivity contribution is -0.140. The van der Waals surface area contributed by atoms with Crippen LogP contribution < -0.4 is 4.72 Å². The third kappa shape index (κ3) is 2.29. The maximum Gasteiger partial charge on any atom is 0.324 e. The van der Waals surface area contributed by atoms with Crippen molar-refractivity contribution in [1.82, 2.24) is 4.72 Å². The molecule has 7 heteroatoms. The summed E-state index contributed by atoms with van der Waals surface area (Å²) >= 11 is 0. The lowest BCUT2D eigenvalue weighted by Crippen LogP contribution is -2.42. The maximum atomic E-state index is 12.6. The number of carboxylic acid groups (broad SMARTS) is 1. The number of halogens is 1. The van der Waals surface area contributed by atoms with E-state index in [1.54, 1.807) is 0 Å². The van der Waals surface area contributed by atoms with Crippen LogP contribution >= 0.6 is 0 Å². The van der Waals surface area contributed by atoms with Gasteiger partial charge in [-0.05, 0) is 37.1 Å². The first kappa shape index (κ1) is 12.0. The molecule has 0 amide bonds. The molecule has 0 spiro atoms. The van der Waals surface area contributed by atoms with Crippen molar-refractivity contribution in [3.05, 3.63) is 30.1 Å². The zero-order valence-electron chi connectivity index (χ0n) is 8.68. The number of carboxylic acids is 1. The molecule has 1 saturated carbocycles. The van der Waals surface area contributed by atoms with Crippen LogP contribution in [0.5, 0.6) is 0 Å². The van der Waals surface area contributed by atoms with Crippen LogP contribution in [0.3, 0.4) is 0 Å². The van der Waals surface area contributed by atoms with Gasteiger partial charge in [0.25, 0.3) is 0 Å². The molecule has 1 aliphatic carbocycles. The molecule has 1 aromatic rings. The van der Waals surface area contributed by atoms with Gasteiger partial charge in [0.2, 0.25) is 10.0 Å². The Hall–Kier alpha value is -1.47. The van der Waals surface area contributed by atoms with E-state index < -0.39 is 27.3 Å². The van der Waals surface area contributed by atoms with E-state index in [1.807, 2.05) is 0 Å². The number of rotatable bonds is 4. The second-order valence-electron chi connectivity index (χ2n) is 3.95. The molecule has 0 saturated heterocycles. The van der Waals surface area contributed by atoms with Gasteiger partial charge < -0.3 is 5.11 Å². The van der Waals surface area contributed by atoms with Gasteiger partial charge in [-0.15, -0.1) is 0 Å². The summed E-state index contributed by atoms with van der Waals surface area (Å²) < 4.78 is 38.4. The Morgan fingerprint density at radius 2 is 1.82 bits per heavy atom. The van der Waals surface area contributed by atoms with Gasteiger partial charge in [0.15, 0.2) is 0 Å². The van der Waals surface area contributed by atoms with Crippen LogP contribution in [0.25, 0.3) is 0 Å². The van der Waals surface area contributed by atoms with Crippen molar-refractivity contribution < 1.29 is 22.7 Å². The number of hydrogen-bond acceptors (Lipinski definition) is 3. The van der Waals surface area contributed by atoms with Crippen molar-refractivity contribution in [3.63, 3.8) is 0 Å². The van der Waals surface area contributed by atoms with E-state index in [0.717, 1.165) is 24.3 Å². The van der Waals surface area contributed by atoms with Gasteiger partial charge >= 0.3 is 5.97 Å². The monoisotopic (exact) mass is 259 g/mol. The molecule has 1 aromatic carbocycles. The van der Waals surface area contributed by atoms with Crippen molar-refractivity contribution in [1.29, 1.82) is 0 Å². The summed E-state index contributed by atoms with van der Waals surface area (Å²) in [6.45, 7) is 0. The number of hydrogen-bond donors (Lipinski definition) is 2. The lowest BCUT2D eigenvalue weighted by Gasteiger charge is -2.12. The molecule has 0 radical (unpaired) electrons. The molecule has 0 aliphatic heterocycles. The van der Waals surface area contributed by atoms with Crippen LogP contribution in [0.4, 0.5) is 4.39 Å². The topological polar surface area (TPSA) is 83.5 Å². The van der Waals surface area contributed by atoms with Crippen LogP contribution in [-0.2, 0) is 14.8 Å². The zero-order valence-corrected chi connectivity index (χ0v) is 9.50. The summed E-state index contributed by atoms with van der Waals surface area (Å²) in [7, 11) is -3.91. The Morgan fingerprint density at radius 3 is 2.24 bits per heavy atom. The molecule has 0 atom stereocenters. The van der Waals surface area contributed by atoms with Gasteiger partial charge in [-0.2, -0.15) is 4.72 Å². The molecule has 0 aromatic heterocycles. The predicted octanol–water partition coefficient (Wildman–Crippen LogP) is 0.721. The average Bonchev–Trinajstić information content (AvgIpc) is 2.99. The van der Waals surface area contributed by atoms with Crippen LogP contribution in [0.15, 0.2) is 29.2 Å². The minimum atomic E-state index is -3.91. The number of carbonyl (C=O) groups is 1. The molecular weight excluding hydrogens is 249 g/mol. The van der Waals surface area contributed by atoms with E-state index in [4.69, 9.17) is 5.11 Å². The first-order chi connectivity index (χ1) is 7.86. The van der Waals surface area contributed by atoms with E-state index in [1.165, 1.54) is 0 Å². The standard InChI is InChI=1S/C10H10FNO4S/c11-7-1-3-8(4-2-7)17(15,16)12-10(5-6-10)9(13)14/h1-4,12H,5-6H2,(H,13,14). The summed E-state index contributed by atoms with van der Waals surface area (Å²) in [5.74, 6) is -1.74. The minimum absolute atomic E-state index is 0.147. The fraction of sp³-hybridized carbons (Fsp3) is 0.300. The molecule has 0 heterocycles. The second kappa shape index (κ2) is 3.78. The fourth-order valence-corrected chi connectivity index (χ4v) is 2.83. The van der Waals surface area contributed by atoms with Gasteiger partial charge in [-0.3, -0.25) is 4.79 Å².